The summed E-state index contributed by atoms with van der Waals surface area (Å²) in [5.41, 5.74) is 0.514. The zero-order valence-corrected chi connectivity index (χ0v) is 11.6. The molecule has 0 bridgehead atoms. The largest absolute Gasteiger partial charge is 0.492 e. The Morgan fingerprint density at radius 3 is 2.72 bits per heavy atom. The molecule has 0 aliphatic carbocycles. The molecule has 0 amide bonds. The van der Waals surface area contributed by atoms with E-state index in [4.69, 9.17) is 4.74 Å². The average Bonchev–Trinajstić information content (AvgIpc) is 2.33. The van der Waals surface area contributed by atoms with Gasteiger partial charge in [-0.2, -0.15) is 0 Å². The summed E-state index contributed by atoms with van der Waals surface area (Å²) in [4.78, 5) is 16.0. The van der Waals surface area contributed by atoms with Gasteiger partial charge in [0.05, 0.1) is 19.3 Å². The maximum atomic E-state index is 12.0. The lowest BCUT2D eigenvalue weighted by Crippen LogP contribution is -2.39. The fourth-order valence-corrected chi connectivity index (χ4v) is 1.32. The van der Waals surface area contributed by atoms with E-state index >= 15 is 0 Å². The average molecular weight is 250 g/mol. The van der Waals surface area contributed by atoms with Crippen molar-refractivity contribution >= 4 is 5.78 Å². The van der Waals surface area contributed by atoms with Gasteiger partial charge in [0, 0.05) is 17.3 Å². The van der Waals surface area contributed by atoms with Gasteiger partial charge in [-0.3, -0.25) is 9.78 Å². The normalized spacial score (nSPS) is 11.3. The Balaban J connectivity index is 2.62. The smallest absolute Gasteiger partial charge is 0.178 e. The van der Waals surface area contributed by atoms with Crippen molar-refractivity contribution in [2.45, 2.75) is 39.7 Å². The first-order valence-corrected chi connectivity index (χ1v) is 6.28. The van der Waals surface area contributed by atoms with Crippen molar-refractivity contribution in [1.82, 2.24) is 10.3 Å². The van der Waals surface area contributed by atoms with Crippen molar-refractivity contribution in [3.63, 3.8) is 0 Å². The molecule has 0 spiro atoms. The van der Waals surface area contributed by atoms with Gasteiger partial charge >= 0.3 is 0 Å². The molecule has 0 radical (unpaired) electrons. The lowest BCUT2D eigenvalue weighted by molar-refractivity contribution is 0.0981. The van der Waals surface area contributed by atoms with Crippen LogP contribution in [0.4, 0.5) is 0 Å². The summed E-state index contributed by atoms with van der Waals surface area (Å²) < 4.78 is 5.46. The molecule has 4 heteroatoms. The van der Waals surface area contributed by atoms with Gasteiger partial charge in [0.2, 0.25) is 0 Å². The molecule has 0 saturated heterocycles. The number of aromatic nitrogens is 1. The Labute approximate surface area is 109 Å². The van der Waals surface area contributed by atoms with Crippen LogP contribution < -0.4 is 10.1 Å². The van der Waals surface area contributed by atoms with Crippen LogP contribution in [0.25, 0.3) is 0 Å². The number of pyridine rings is 1. The number of Topliss-reactive ketones (excluding diaryl/α,β-unsaturated/α-hetero) is 1. The maximum Gasteiger partial charge on any atom is 0.178 e. The predicted molar refractivity (Wildman–Crippen MR) is 72.1 cm³/mol. The summed E-state index contributed by atoms with van der Waals surface area (Å²) in [7, 11) is 0. The van der Waals surface area contributed by atoms with Crippen molar-refractivity contribution in [3.05, 3.63) is 24.0 Å². The van der Waals surface area contributed by atoms with Crippen molar-refractivity contribution in [1.29, 1.82) is 0 Å². The topological polar surface area (TPSA) is 51.2 Å². The Kier molecular flexibility index (Phi) is 5.28. The van der Waals surface area contributed by atoms with Gasteiger partial charge in [-0.05, 0) is 33.3 Å². The van der Waals surface area contributed by atoms with E-state index in [1.165, 1.54) is 0 Å². The van der Waals surface area contributed by atoms with E-state index in [1.807, 2.05) is 27.7 Å². The lowest BCUT2D eigenvalue weighted by Gasteiger charge is -2.19. The number of nitrogens with one attached hydrogen (secondary N) is 1. The molecule has 0 unspecified atom stereocenters. The summed E-state index contributed by atoms with van der Waals surface area (Å²) in [5, 5.41) is 3.16. The van der Waals surface area contributed by atoms with Gasteiger partial charge in [-0.1, -0.05) is 6.92 Å². The monoisotopic (exact) mass is 250 g/mol. The summed E-state index contributed by atoms with van der Waals surface area (Å²) in [6, 6.07) is 1.75. The number of hydrogen-bond donors (Lipinski definition) is 1. The van der Waals surface area contributed by atoms with Gasteiger partial charge in [-0.25, -0.2) is 0 Å². The summed E-state index contributed by atoms with van der Waals surface area (Å²) in [6.45, 7) is 9.07. The summed E-state index contributed by atoms with van der Waals surface area (Å²) in [6.07, 6.45) is 4.14. The molecule has 1 heterocycles. The number of nitrogens with zero attached hydrogens (tertiary/aromatic N) is 1. The van der Waals surface area contributed by atoms with Crippen LogP contribution in [-0.4, -0.2) is 29.5 Å². The van der Waals surface area contributed by atoms with Crippen molar-refractivity contribution < 1.29 is 9.53 Å². The standard InChI is InChI=1S/C14H22N2O2/c1-5-6-18-12-7-11(8-15-9-12)13(17)10-16-14(2,3)4/h7-9,16H,5-6,10H2,1-4H3. The molecule has 1 aromatic rings. The minimum Gasteiger partial charge on any atom is -0.492 e. The van der Waals surface area contributed by atoms with Crippen LogP contribution in [0.1, 0.15) is 44.5 Å². The summed E-state index contributed by atoms with van der Waals surface area (Å²) >= 11 is 0. The second kappa shape index (κ2) is 6.50. The van der Waals surface area contributed by atoms with E-state index in [9.17, 15) is 4.79 Å². The van der Waals surface area contributed by atoms with Crippen molar-refractivity contribution in [2.75, 3.05) is 13.2 Å². The van der Waals surface area contributed by atoms with Gasteiger partial charge in [0.15, 0.2) is 5.78 Å². The molecule has 1 aromatic heterocycles. The van der Waals surface area contributed by atoms with Gasteiger partial charge in [0.1, 0.15) is 5.75 Å². The number of carbonyl (C=O) groups excluding carboxylic acids is 1. The Morgan fingerprint density at radius 2 is 2.11 bits per heavy atom. The number of carbonyl (C=O) groups is 1. The SMILES string of the molecule is CCCOc1cncc(C(=O)CNC(C)(C)C)c1. The highest BCUT2D eigenvalue weighted by Gasteiger charge is 2.13. The number of hydrogen-bond acceptors (Lipinski definition) is 4. The fraction of sp³-hybridized carbons (Fsp3) is 0.571. The van der Waals surface area contributed by atoms with Crippen LogP contribution in [0.3, 0.4) is 0 Å². The summed E-state index contributed by atoms with van der Waals surface area (Å²) in [5.74, 6) is 0.679. The molecule has 18 heavy (non-hydrogen) atoms. The molecule has 0 aliphatic rings. The van der Waals surface area contributed by atoms with Crippen LogP contribution in [-0.2, 0) is 0 Å². The zero-order chi connectivity index (χ0) is 13.6. The molecule has 0 aromatic carbocycles. The highest BCUT2D eigenvalue weighted by molar-refractivity contribution is 5.97. The Hall–Kier alpha value is -1.42. The fourth-order valence-electron chi connectivity index (χ4n) is 1.32. The number of rotatable bonds is 6. The molecule has 0 atom stereocenters. The van der Waals surface area contributed by atoms with Crippen LogP contribution in [0.15, 0.2) is 18.5 Å². The maximum absolute atomic E-state index is 12.0. The molecule has 4 nitrogen and oxygen atoms in total. The van der Waals surface area contributed by atoms with E-state index in [0.29, 0.717) is 24.5 Å². The second-order valence-electron chi connectivity index (χ2n) is 5.28. The first-order chi connectivity index (χ1) is 8.42. The van der Waals surface area contributed by atoms with Gasteiger partial charge in [0.25, 0.3) is 0 Å². The van der Waals surface area contributed by atoms with Crippen molar-refractivity contribution in [3.8, 4) is 5.75 Å². The van der Waals surface area contributed by atoms with E-state index in [1.54, 1.807) is 18.5 Å². The molecular formula is C14H22N2O2. The quantitative estimate of drug-likeness (QED) is 0.788. The molecular weight excluding hydrogens is 228 g/mol. The second-order valence-corrected chi connectivity index (χ2v) is 5.28. The lowest BCUT2D eigenvalue weighted by atomic mass is 10.1. The first-order valence-electron chi connectivity index (χ1n) is 6.28. The Bertz CT molecular complexity index is 397. The Morgan fingerprint density at radius 1 is 1.39 bits per heavy atom. The predicted octanol–water partition coefficient (Wildman–Crippen LogP) is 2.44. The van der Waals surface area contributed by atoms with Gasteiger partial charge in [-0.15, -0.1) is 0 Å². The van der Waals surface area contributed by atoms with Crippen LogP contribution in [0.5, 0.6) is 5.75 Å². The molecule has 0 saturated carbocycles. The van der Waals surface area contributed by atoms with Gasteiger partial charge < -0.3 is 10.1 Å². The van der Waals surface area contributed by atoms with E-state index in [2.05, 4.69) is 10.3 Å². The van der Waals surface area contributed by atoms with E-state index < -0.39 is 0 Å². The third-order valence-electron chi connectivity index (χ3n) is 2.29. The highest BCUT2D eigenvalue weighted by Crippen LogP contribution is 2.12. The van der Waals surface area contributed by atoms with Crippen LogP contribution in [0.2, 0.25) is 0 Å². The molecule has 1 N–H and O–H groups in total. The van der Waals surface area contributed by atoms with E-state index in [-0.39, 0.29) is 11.3 Å². The highest BCUT2D eigenvalue weighted by atomic mass is 16.5. The molecule has 0 aliphatic heterocycles. The van der Waals surface area contributed by atoms with Crippen molar-refractivity contribution in [2.24, 2.45) is 0 Å². The molecule has 1 rings (SSSR count). The zero-order valence-electron chi connectivity index (χ0n) is 11.6. The van der Waals surface area contributed by atoms with E-state index in [0.717, 1.165) is 6.42 Å². The third-order valence-corrected chi connectivity index (χ3v) is 2.29. The minimum absolute atomic E-state index is 0.0272. The third kappa shape index (κ3) is 5.27. The molecule has 0 fully saturated rings. The van der Waals surface area contributed by atoms with Crippen LogP contribution in [0, 0.1) is 0 Å². The minimum atomic E-state index is -0.0700. The van der Waals surface area contributed by atoms with Crippen LogP contribution >= 0.6 is 0 Å². The molecule has 100 valence electrons. The number of ether oxygens (including phenoxy) is 1. The number of ketones is 1. The first kappa shape index (κ1) is 14.6.